The molecular weight excluding hydrogens is 1390 g/mol. The molecule has 0 unspecified atom stereocenters. The number of unbranched alkanes of at least 4 members (excludes halogenated alkanes) is 39. The molecule has 0 atom stereocenters. The van der Waals surface area contributed by atoms with Gasteiger partial charge in [0.15, 0.2) is 0 Å². The van der Waals surface area contributed by atoms with Crippen LogP contribution < -0.4 is 7.16 Å². The molecule has 2 aliphatic carbocycles. The molecular formula is C83H138F2N4S2Sn2. The fourth-order valence-electron chi connectivity index (χ4n) is 17.7. The SMILES string of the molecule is CCCCCCCCCCCCC1(CCCCCCCCCCCC)c2c[c]([Sn]([CH3])([CH3])[CH3])c3nsnc3c2-c2c(F)c3c(c(F)c21)-c1c(c[c]([Sn]([CH2]CCC)([CH2]CCC)[CH2]CCC)c2nsnc12)C3(CCCCCCCCCCCC)CCCCCCCCCCCC. The van der Waals surface area contributed by atoms with Crippen LogP contribution >= 0.6 is 23.5 Å². The van der Waals surface area contributed by atoms with Crippen LogP contribution in [0.15, 0.2) is 12.1 Å². The van der Waals surface area contributed by atoms with Gasteiger partial charge in [-0.25, -0.2) is 0 Å². The molecule has 2 heterocycles. The average Bonchev–Trinajstić information content (AvgIpc) is 1.51. The Balaban J connectivity index is 1.47. The Hall–Kier alpha value is -1.24. The Morgan fingerprint density at radius 3 is 0.806 bits per heavy atom. The molecule has 10 heteroatoms. The van der Waals surface area contributed by atoms with E-state index in [0.717, 1.165) is 110 Å². The minimum Gasteiger partial charge on any atom is -0.0654 e. The van der Waals surface area contributed by atoms with E-state index in [2.05, 4.69) is 75.4 Å². The average molecular weight is 1530 g/mol. The van der Waals surface area contributed by atoms with Gasteiger partial charge in [0.25, 0.3) is 0 Å². The summed E-state index contributed by atoms with van der Waals surface area (Å²) >= 11 is -3.64. The van der Waals surface area contributed by atoms with Crippen molar-refractivity contribution >= 4 is 89.4 Å². The van der Waals surface area contributed by atoms with E-state index in [0.29, 0.717) is 22.3 Å². The first-order chi connectivity index (χ1) is 45.4. The molecule has 0 spiro atoms. The van der Waals surface area contributed by atoms with Gasteiger partial charge in [0.2, 0.25) is 0 Å². The van der Waals surface area contributed by atoms with Crippen LogP contribution in [-0.4, -0.2) is 54.2 Å². The molecule has 0 amide bonds. The summed E-state index contributed by atoms with van der Waals surface area (Å²) in [4.78, 5) is 7.54. The van der Waals surface area contributed by atoms with Crippen molar-refractivity contribution in [3.05, 3.63) is 46.0 Å². The molecule has 2 aliphatic rings. The van der Waals surface area contributed by atoms with E-state index in [1.807, 2.05) is 0 Å². The van der Waals surface area contributed by atoms with E-state index in [1.54, 1.807) is 3.58 Å². The van der Waals surface area contributed by atoms with Gasteiger partial charge in [0.1, 0.15) is 0 Å². The number of rotatable bonds is 55. The molecule has 0 bridgehead atoms. The quantitative estimate of drug-likeness (QED) is 0.0288. The van der Waals surface area contributed by atoms with E-state index in [1.165, 1.54) is 295 Å². The third-order valence-electron chi connectivity index (χ3n) is 23.2. The summed E-state index contributed by atoms with van der Waals surface area (Å²) in [6, 6.07) is 5.23. The van der Waals surface area contributed by atoms with Crippen LogP contribution in [0.4, 0.5) is 8.78 Å². The molecule has 5 aromatic rings. The summed E-state index contributed by atoms with van der Waals surface area (Å²) < 4.78 is 69.8. The van der Waals surface area contributed by atoms with Crippen LogP contribution in [0.5, 0.6) is 0 Å². The number of aromatic nitrogens is 4. The van der Waals surface area contributed by atoms with Crippen LogP contribution in [0, 0.1) is 11.6 Å². The number of fused-ring (bicyclic) bond motifs is 10. The molecule has 4 nitrogen and oxygen atoms in total. The third-order valence-corrected chi connectivity index (χ3v) is 45.5. The van der Waals surface area contributed by atoms with Crippen molar-refractivity contribution in [1.82, 2.24) is 17.5 Å². The van der Waals surface area contributed by atoms with Crippen molar-refractivity contribution in [1.29, 1.82) is 0 Å². The number of hydrogen-bond acceptors (Lipinski definition) is 6. The first-order valence-electron chi connectivity index (χ1n) is 40.6. The number of benzene rings is 3. The Kier molecular flexibility index (Phi) is 35.8. The standard InChI is InChI=1S/C68H102F2N4S2.3C4H9.3CH3.2Sn/c1-5-9-13-17-21-25-29-33-37-41-49-67(50-42-38-34-30-26-22-18-14-10-6-2)53-45-47-55-65(73-75-71-55)57(53)59-61(67)63(69)60-58-54(46-48-56-66(58)74-76-72-56)68(62(60)64(59)70,51-43-39-35-31-27-23-19-15-11-7-3)52-44-40-36-32-28-24-20-16-12-8-4;3*1-3-4-2;;;;;/h45-46H,5-44,49-52H2,1-4H3;3*1,3-4H2,2H3;3*1H3;;. The maximum absolute atomic E-state index is 20.7. The van der Waals surface area contributed by atoms with Gasteiger partial charge >= 0.3 is 488 Å². The van der Waals surface area contributed by atoms with Crippen LogP contribution in [0.25, 0.3) is 44.3 Å². The van der Waals surface area contributed by atoms with E-state index in [4.69, 9.17) is 17.5 Å². The molecule has 3 aromatic carbocycles. The number of halogens is 2. The Bertz CT molecular complexity index is 2850. The molecule has 0 N–H and O–H groups in total. The summed E-state index contributed by atoms with van der Waals surface area (Å²) in [5, 5.41) is 0. The number of nitrogens with zero attached hydrogens (tertiary/aromatic N) is 4. The molecule has 0 saturated heterocycles. The molecule has 0 saturated carbocycles. The van der Waals surface area contributed by atoms with E-state index >= 15 is 8.78 Å². The van der Waals surface area contributed by atoms with Gasteiger partial charge in [-0.05, 0) is 0 Å². The van der Waals surface area contributed by atoms with Crippen molar-refractivity contribution in [3.63, 3.8) is 0 Å². The minimum absolute atomic E-state index is 0.122. The predicted octanol–water partition coefficient (Wildman–Crippen LogP) is 28.4. The van der Waals surface area contributed by atoms with Crippen molar-refractivity contribution in [3.8, 4) is 22.3 Å². The zero-order valence-corrected chi connectivity index (χ0v) is 69.3. The summed E-state index contributed by atoms with van der Waals surface area (Å²) in [6.45, 7) is 16.4. The molecule has 524 valence electrons. The fourth-order valence-corrected chi connectivity index (χ4v) is 40.0. The second-order valence-corrected chi connectivity index (χ2v) is 60.0. The van der Waals surface area contributed by atoms with Crippen molar-refractivity contribution in [2.24, 2.45) is 0 Å². The summed E-state index contributed by atoms with van der Waals surface area (Å²) in [5.74, 6) is -0.245. The van der Waals surface area contributed by atoms with Crippen molar-refractivity contribution in [2.45, 2.75) is 408 Å². The Morgan fingerprint density at radius 1 is 0.301 bits per heavy atom. The zero-order chi connectivity index (χ0) is 66.4. The van der Waals surface area contributed by atoms with E-state index in [9.17, 15) is 0 Å². The third kappa shape index (κ3) is 20.7. The Labute approximate surface area is 587 Å². The van der Waals surface area contributed by atoms with Gasteiger partial charge < -0.3 is 0 Å². The van der Waals surface area contributed by atoms with Gasteiger partial charge in [-0.3, -0.25) is 0 Å². The maximum atomic E-state index is 20.7. The first-order valence-corrected chi connectivity index (χ1v) is 59.5. The molecule has 0 fully saturated rings. The van der Waals surface area contributed by atoms with E-state index < -0.39 is 47.6 Å². The summed E-state index contributed by atoms with van der Waals surface area (Å²) in [6.07, 6.45) is 60.8. The van der Waals surface area contributed by atoms with Gasteiger partial charge in [-0.2, -0.15) is 0 Å². The van der Waals surface area contributed by atoms with Gasteiger partial charge in [-0.15, -0.1) is 0 Å². The molecule has 0 aliphatic heterocycles. The van der Waals surface area contributed by atoms with Crippen molar-refractivity contribution < 1.29 is 8.78 Å². The zero-order valence-electron chi connectivity index (χ0n) is 62.0. The number of hydrogen-bond donors (Lipinski definition) is 0. The summed E-state index contributed by atoms with van der Waals surface area (Å²) in [7, 11) is 0. The first kappa shape index (κ1) is 79.1. The van der Waals surface area contributed by atoms with Gasteiger partial charge in [0, 0.05) is 0 Å². The molecule has 93 heavy (non-hydrogen) atoms. The normalized spacial score (nSPS) is 14.1. The van der Waals surface area contributed by atoms with Gasteiger partial charge in [0.05, 0.1) is 0 Å². The smallest absolute Gasteiger partial charge is 0.0654 e. The molecule has 7 rings (SSSR count). The van der Waals surface area contributed by atoms with Crippen LogP contribution in [0.3, 0.4) is 0 Å². The second kappa shape index (κ2) is 42.1. The monoisotopic (exact) mass is 1530 g/mol. The van der Waals surface area contributed by atoms with Crippen LogP contribution in [0.1, 0.15) is 392 Å². The summed E-state index contributed by atoms with van der Waals surface area (Å²) in [5.41, 5.74) is 9.27. The molecule has 0 radical (unpaired) electrons. The molecule has 2 aromatic heterocycles. The topological polar surface area (TPSA) is 51.6 Å². The minimum atomic E-state index is -3.32. The van der Waals surface area contributed by atoms with Gasteiger partial charge in [-0.1, -0.05) is 105 Å². The van der Waals surface area contributed by atoms with Crippen LogP contribution in [-0.2, 0) is 10.8 Å². The van der Waals surface area contributed by atoms with Crippen molar-refractivity contribution in [2.75, 3.05) is 0 Å². The second-order valence-electron chi connectivity index (χ2n) is 31.5. The van der Waals surface area contributed by atoms with E-state index in [-0.39, 0.29) is 11.6 Å². The Morgan fingerprint density at radius 2 is 0.538 bits per heavy atom. The fraction of sp³-hybridized carbons (Fsp3) is 0.783. The predicted molar refractivity (Wildman–Crippen MR) is 414 cm³/mol. The van der Waals surface area contributed by atoms with Crippen LogP contribution in [0.2, 0.25) is 28.1 Å².